The molecule has 0 rings (SSSR count). The Balaban J connectivity index is 0. The van der Waals surface area contributed by atoms with Crippen molar-refractivity contribution in [3.63, 3.8) is 0 Å². The van der Waals surface area contributed by atoms with Gasteiger partial charge in [0.25, 0.3) is 0 Å². The molecule has 0 unspecified atom stereocenters. The van der Waals surface area contributed by atoms with Crippen molar-refractivity contribution < 1.29 is 18.8 Å². The summed E-state index contributed by atoms with van der Waals surface area (Å²) in [5.41, 5.74) is 0. The summed E-state index contributed by atoms with van der Waals surface area (Å²) in [7, 11) is -3.37. The van der Waals surface area contributed by atoms with E-state index in [9.17, 15) is 4.79 Å². The molecule has 1 N–H and O–H groups in total. The van der Waals surface area contributed by atoms with Gasteiger partial charge < -0.3 is 14.0 Å². The fourth-order valence-corrected chi connectivity index (χ4v) is 3.52. The third kappa shape index (κ3) is 11.8. The van der Waals surface area contributed by atoms with Crippen LogP contribution >= 0.6 is 0 Å². The van der Waals surface area contributed by atoms with Gasteiger partial charge in [0, 0.05) is 26.1 Å². The van der Waals surface area contributed by atoms with Crippen LogP contribution in [0.2, 0.25) is 36.3 Å². The number of carbonyl (C=O) groups is 1. The van der Waals surface area contributed by atoms with Gasteiger partial charge in [-0.1, -0.05) is 47.5 Å². The minimum atomic E-state index is -1.71. The summed E-state index contributed by atoms with van der Waals surface area (Å²) in [5, 5.41) is 9.56. The zero-order valence-corrected chi connectivity index (χ0v) is 21.7. The fraction of sp³-hybridized carbons (Fsp3) is 0.773. The van der Waals surface area contributed by atoms with Gasteiger partial charge in [0.2, 0.25) is 5.78 Å². The molecule has 0 saturated heterocycles. The Morgan fingerprint density at radius 2 is 1.32 bits per heavy atom. The van der Waals surface area contributed by atoms with Gasteiger partial charge in [0.1, 0.15) is 6.10 Å². The van der Waals surface area contributed by atoms with Crippen LogP contribution in [0.4, 0.5) is 0 Å². The van der Waals surface area contributed by atoms with Crippen LogP contribution < -0.4 is 0 Å². The van der Waals surface area contributed by atoms with Crippen molar-refractivity contribution in [2.75, 3.05) is 13.2 Å². The molecular formula is C22H42O4Si2. The molecule has 1 atom stereocenters. The highest BCUT2D eigenvalue weighted by Gasteiger charge is 2.37. The van der Waals surface area contributed by atoms with Crippen LogP contribution in [-0.4, -0.2) is 46.8 Å². The number of ketones is 1. The van der Waals surface area contributed by atoms with Crippen molar-refractivity contribution >= 4 is 22.4 Å². The van der Waals surface area contributed by atoms with E-state index < -0.39 is 22.7 Å². The first-order chi connectivity index (χ1) is 12.4. The van der Waals surface area contributed by atoms with Gasteiger partial charge in [-0.3, -0.25) is 4.79 Å². The fourth-order valence-electron chi connectivity index (χ4n) is 1.41. The quantitative estimate of drug-likeness (QED) is 0.337. The van der Waals surface area contributed by atoms with Crippen molar-refractivity contribution in [1.82, 2.24) is 0 Å². The monoisotopic (exact) mass is 426 g/mol. The lowest BCUT2D eigenvalue weighted by Crippen LogP contribution is -2.41. The van der Waals surface area contributed by atoms with Crippen LogP contribution in [0, 0.1) is 24.7 Å². The Labute approximate surface area is 176 Å². The predicted octanol–water partition coefficient (Wildman–Crippen LogP) is 4.99. The SMILES string of the molecule is C#CC(=O)CCO[Si](C)(C)C(C)(C)C.C#C[C@@H](O)CCO[Si](C)(C)C(C)(C)C. The summed E-state index contributed by atoms with van der Waals surface area (Å²) >= 11 is 0. The van der Waals surface area contributed by atoms with E-state index in [0.717, 1.165) is 0 Å². The van der Waals surface area contributed by atoms with E-state index in [1.165, 1.54) is 0 Å². The van der Waals surface area contributed by atoms with Crippen LogP contribution in [-0.2, 0) is 13.6 Å². The molecule has 6 heteroatoms. The van der Waals surface area contributed by atoms with Crippen molar-refractivity contribution in [2.45, 2.75) is 96.8 Å². The Bertz CT molecular complexity index is 555. The maximum Gasteiger partial charge on any atom is 0.207 e. The molecule has 162 valence electrons. The van der Waals surface area contributed by atoms with E-state index in [1.54, 1.807) is 0 Å². The molecule has 0 aliphatic rings. The number of terminal acetylenes is 2. The van der Waals surface area contributed by atoms with Gasteiger partial charge in [0.05, 0.1) is 0 Å². The molecule has 0 aromatic rings. The lowest BCUT2D eigenvalue weighted by Gasteiger charge is -2.36. The summed E-state index contributed by atoms with van der Waals surface area (Å²) < 4.78 is 11.6. The van der Waals surface area contributed by atoms with Crippen LogP contribution in [0.25, 0.3) is 0 Å². The molecule has 0 aliphatic carbocycles. The Kier molecular flexibility index (Phi) is 12.5. The van der Waals surface area contributed by atoms with E-state index in [-0.39, 0.29) is 15.9 Å². The van der Waals surface area contributed by atoms with Crippen molar-refractivity contribution in [1.29, 1.82) is 0 Å². The Hall–Kier alpha value is -0.896. The average Bonchev–Trinajstić information content (AvgIpc) is 2.52. The standard InChI is InChI=1S/C11H22O2Si.C11H20O2Si/c2*1-7-10(12)8-9-13-14(5,6)11(2,3)4/h1,10,12H,8-9H2,2-6H3;1H,8-9H2,2-6H3/t10-;/m1./s1. The number of rotatable bonds is 8. The van der Waals surface area contributed by atoms with Crippen LogP contribution in [0.5, 0.6) is 0 Å². The van der Waals surface area contributed by atoms with E-state index in [1.807, 2.05) is 0 Å². The Morgan fingerprint density at radius 3 is 1.64 bits per heavy atom. The lowest BCUT2D eigenvalue weighted by molar-refractivity contribution is -0.114. The number of carbonyl (C=O) groups excluding carboxylic acids is 1. The predicted molar refractivity (Wildman–Crippen MR) is 124 cm³/mol. The van der Waals surface area contributed by atoms with Gasteiger partial charge in [-0.05, 0) is 42.2 Å². The molecule has 28 heavy (non-hydrogen) atoms. The molecule has 0 heterocycles. The van der Waals surface area contributed by atoms with E-state index in [2.05, 4.69) is 79.6 Å². The summed E-state index contributed by atoms with van der Waals surface area (Å²) in [6, 6.07) is 0. The molecule has 0 saturated carbocycles. The highest BCUT2D eigenvalue weighted by Crippen LogP contribution is 2.37. The summed E-state index contributed by atoms with van der Waals surface area (Å²) in [4.78, 5) is 10.8. The summed E-state index contributed by atoms with van der Waals surface area (Å²) in [6.07, 6.45) is 10.2. The maximum absolute atomic E-state index is 10.8. The molecule has 0 amide bonds. The Morgan fingerprint density at radius 1 is 0.929 bits per heavy atom. The maximum atomic E-state index is 10.8. The number of aliphatic hydroxyl groups excluding tert-OH is 1. The number of aliphatic hydroxyl groups is 1. The third-order valence-corrected chi connectivity index (χ3v) is 14.7. The smallest absolute Gasteiger partial charge is 0.207 e. The van der Waals surface area contributed by atoms with Gasteiger partial charge >= 0.3 is 0 Å². The van der Waals surface area contributed by atoms with Crippen LogP contribution in [0.15, 0.2) is 0 Å². The summed E-state index contributed by atoms with van der Waals surface area (Å²) in [5.74, 6) is 4.19. The van der Waals surface area contributed by atoms with E-state index in [4.69, 9.17) is 26.8 Å². The first kappa shape index (κ1) is 29.3. The van der Waals surface area contributed by atoms with Crippen LogP contribution in [0.3, 0.4) is 0 Å². The minimum absolute atomic E-state index is 0.177. The molecular weight excluding hydrogens is 384 g/mol. The topological polar surface area (TPSA) is 55.8 Å². The second kappa shape index (κ2) is 11.9. The highest BCUT2D eigenvalue weighted by molar-refractivity contribution is 6.74. The van der Waals surface area contributed by atoms with E-state index in [0.29, 0.717) is 26.1 Å². The first-order valence-electron chi connectivity index (χ1n) is 9.83. The molecule has 0 aliphatic heterocycles. The highest BCUT2D eigenvalue weighted by atomic mass is 28.4. The average molecular weight is 427 g/mol. The van der Waals surface area contributed by atoms with E-state index >= 15 is 0 Å². The molecule has 0 aromatic carbocycles. The van der Waals surface area contributed by atoms with Crippen molar-refractivity contribution in [3.8, 4) is 24.7 Å². The van der Waals surface area contributed by atoms with Crippen molar-refractivity contribution in [2.24, 2.45) is 0 Å². The van der Waals surface area contributed by atoms with Crippen molar-refractivity contribution in [3.05, 3.63) is 0 Å². The van der Waals surface area contributed by atoms with Gasteiger partial charge in [-0.2, -0.15) is 0 Å². The molecule has 0 aromatic heterocycles. The second-order valence-electron chi connectivity index (χ2n) is 10.0. The number of Topliss-reactive ketones (excluding diaryl/α,β-unsaturated/α-hetero) is 1. The van der Waals surface area contributed by atoms with Gasteiger partial charge in [-0.25, -0.2) is 0 Å². The molecule has 0 spiro atoms. The minimum Gasteiger partial charge on any atom is -0.417 e. The largest absolute Gasteiger partial charge is 0.417 e. The number of hydrogen-bond acceptors (Lipinski definition) is 4. The summed E-state index contributed by atoms with van der Waals surface area (Å²) in [6.45, 7) is 22.8. The second-order valence-corrected chi connectivity index (χ2v) is 19.6. The zero-order valence-electron chi connectivity index (χ0n) is 19.7. The molecule has 0 radical (unpaired) electrons. The van der Waals surface area contributed by atoms with Gasteiger partial charge in [-0.15, -0.1) is 12.8 Å². The normalized spacial score (nSPS) is 13.6. The molecule has 0 fully saturated rings. The van der Waals surface area contributed by atoms with Crippen LogP contribution in [0.1, 0.15) is 54.4 Å². The molecule has 4 nitrogen and oxygen atoms in total. The first-order valence-corrected chi connectivity index (χ1v) is 15.6. The number of hydrogen-bond donors (Lipinski definition) is 1. The molecule has 0 bridgehead atoms. The zero-order chi connectivity index (χ0) is 22.8. The third-order valence-electron chi connectivity index (χ3n) is 5.61. The lowest BCUT2D eigenvalue weighted by atomic mass is 10.2. The van der Waals surface area contributed by atoms with Gasteiger partial charge in [0.15, 0.2) is 16.6 Å².